The van der Waals surface area contributed by atoms with Gasteiger partial charge in [0.25, 0.3) is 0 Å². The Balaban J connectivity index is 2.24. The van der Waals surface area contributed by atoms with Crippen LogP contribution in [0.1, 0.15) is 33.6 Å². The van der Waals surface area contributed by atoms with Crippen LogP contribution in [0.25, 0.3) is 0 Å². The van der Waals surface area contributed by atoms with Crippen molar-refractivity contribution in [2.24, 2.45) is 5.41 Å². The van der Waals surface area contributed by atoms with Crippen molar-refractivity contribution in [3.05, 3.63) is 0 Å². The highest BCUT2D eigenvalue weighted by atomic mass is 32.2. The van der Waals surface area contributed by atoms with E-state index in [4.69, 9.17) is 0 Å². The molecule has 1 heterocycles. The van der Waals surface area contributed by atoms with Gasteiger partial charge in [-0.1, -0.05) is 20.8 Å². The van der Waals surface area contributed by atoms with Gasteiger partial charge in [0.1, 0.15) is 0 Å². The number of nitrogens with one attached hydrogen (secondary N) is 1. The van der Waals surface area contributed by atoms with Crippen LogP contribution >= 0.6 is 23.5 Å². The highest BCUT2D eigenvalue weighted by molar-refractivity contribution is 7.99. The second-order valence-electron chi connectivity index (χ2n) is 5.16. The van der Waals surface area contributed by atoms with Crippen LogP contribution in [0.3, 0.4) is 0 Å². The van der Waals surface area contributed by atoms with Crippen LogP contribution in [0, 0.1) is 5.41 Å². The smallest absolute Gasteiger partial charge is 0.0209 e. The van der Waals surface area contributed by atoms with E-state index >= 15 is 0 Å². The van der Waals surface area contributed by atoms with Crippen molar-refractivity contribution in [2.75, 3.05) is 24.3 Å². The van der Waals surface area contributed by atoms with Crippen LogP contribution in [-0.4, -0.2) is 35.6 Å². The highest BCUT2D eigenvalue weighted by Crippen LogP contribution is 2.34. The largest absolute Gasteiger partial charge is 0.313 e. The van der Waals surface area contributed by atoms with Gasteiger partial charge >= 0.3 is 0 Å². The van der Waals surface area contributed by atoms with Crippen LogP contribution < -0.4 is 5.32 Å². The second-order valence-corrected chi connectivity index (χ2v) is 7.58. The molecular formula is C12H25NS2. The van der Waals surface area contributed by atoms with E-state index in [2.05, 4.69) is 44.1 Å². The second kappa shape index (κ2) is 6.41. The SMILES string of the molecule is CSC(C)CCNC1CSCCC1(C)C. The molecule has 0 saturated carbocycles. The summed E-state index contributed by atoms with van der Waals surface area (Å²) >= 11 is 4.07. The number of hydrogen-bond donors (Lipinski definition) is 1. The van der Waals surface area contributed by atoms with Gasteiger partial charge in [0, 0.05) is 17.0 Å². The first-order chi connectivity index (χ1) is 7.06. The predicted octanol–water partition coefficient (Wildman–Crippen LogP) is 3.25. The van der Waals surface area contributed by atoms with Crippen molar-refractivity contribution in [3.8, 4) is 0 Å². The monoisotopic (exact) mass is 247 g/mol. The van der Waals surface area contributed by atoms with E-state index in [1.54, 1.807) is 0 Å². The molecule has 90 valence electrons. The normalized spacial score (nSPS) is 27.6. The molecule has 0 aromatic heterocycles. The maximum absolute atomic E-state index is 3.74. The van der Waals surface area contributed by atoms with E-state index in [0.29, 0.717) is 11.5 Å². The van der Waals surface area contributed by atoms with Crippen molar-refractivity contribution in [2.45, 2.75) is 44.9 Å². The van der Waals surface area contributed by atoms with Gasteiger partial charge in [-0.3, -0.25) is 0 Å². The molecule has 0 bridgehead atoms. The quantitative estimate of drug-likeness (QED) is 0.801. The Hall–Kier alpha value is 0.660. The molecule has 1 N–H and O–H groups in total. The molecule has 0 aromatic rings. The van der Waals surface area contributed by atoms with E-state index in [9.17, 15) is 0 Å². The molecule has 1 aliphatic heterocycles. The average molecular weight is 247 g/mol. The third-order valence-corrected chi connectivity index (χ3v) is 5.56. The Bertz CT molecular complexity index is 182. The summed E-state index contributed by atoms with van der Waals surface area (Å²) < 4.78 is 0. The topological polar surface area (TPSA) is 12.0 Å². The first kappa shape index (κ1) is 13.7. The van der Waals surface area contributed by atoms with Gasteiger partial charge in [-0.15, -0.1) is 0 Å². The Morgan fingerprint density at radius 3 is 2.87 bits per heavy atom. The minimum absolute atomic E-state index is 0.494. The third-order valence-electron chi connectivity index (χ3n) is 3.46. The van der Waals surface area contributed by atoms with Gasteiger partial charge in [-0.2, -0.15) is 23.5 Å². The zero-order valence-corrected chi connectivity index (χ0v) is 12.1. The molecule has 1 aliphatic rings. The van der Waals surface area contributed by atoms with Crippen molar-refractivity contribution >= 4 is 23.5 Å². The molecule has 0 aromatic carbocycles. The van der Waals surface area contributed by atoms with Crippen molar-refractivity contribution in [1.29, 1.82) is 0 Å². The number of thioether (sulfide) groups is 2. The van der Waals surface area contributed by atoms with Gasteiger partial charge in [0.05, 0.1) is 0 Å². The molecule has 2 atom stereocenters. The molecule has 15 heavy (non-hydrogen) atoms. The predicted molar refractivity (Wildman–Crippen MR) is 75.1 cm³/mol. The molecule has 1 saturated heterocycles. The lowest BCUT2D eigenvalue weighted by Gasteiger charge is -2.39. The molecule has 1 nitrogen and oxygen atoms in total. The lowest BCUT2D eigenvalue weighted by atomic mass is 9.82. The van der Waals surface area contributed by atoms with E-state index in [0.717, 1.165) is 5.25 Å². The molecule has 0 spiro atoms. The molecule has 3 heteroatoms. The van der Waals surface area contributed by atoms with Crippen molar-refractivity contribution < 1.29 is 0 Å². The zero-order valence-electron chi connectivity index (χ0n) is 10.5. The summed E-state index contributed by atoms with van der Waals surface area (Å²) in [5, 5.41) is 4.53. The lowest BCUT2D eigenvalue weighted by Crippen LogP contribution is -2.47. The minimum atomic E-state index is 0.494. The molecule has 0 aliphatic carbocycles. The van der Waals surface area contributed by atoms with Crippen LogP contribution in [0.2, 0.25) is 0 Å². The van der Waals surface area contributed by atoms with E-state index in [1.165, 1.54) is 30.9 Å². The van der Waals surface area contributed by atoms with E-state index < -0.39 is 0 Å². The van der Waals surface area contributed by atoms with Gasteiger partial charge in [-0.05, 0) is 36.8 Å². The van der Waals surface area contributed by atoms with Gasteiger partial charge in [0.15, 0.2) is 0 Å². The standard InChI is InChI=1S/C12H25NS2/c1-10(14-4)5-7-13-11-9-15-8-6-12(11,2)3/h10-11,13H,5-9H2,1-4H3. The van der Waals surface area contributed by atoms with Crippen LogP contribution in [0.5, 0.6) is 0 Å². The van der Waals surface area contributed by atoms with Crippen LogP contribution in [0.15, 0.2) is 0 Å². The minimum Gasteiger partial charge on any atom is -0.313 e. The zero-order chi connectivity index (χ0) is 11.3. The van der Waals surface area contributed by atoms with Crippen molar-refractivity contribution in [3.63, 3.8) is 0 Å². The third kappa shape index (κ3) is 4.58. The Morgan fingerprint density at radius 2 is 2.27 bits per heavy atom. The fraction of sp³-hybridized carbons (Fsp3) is 1.00. The maximum Gasteiger partial charge on any atom is 0.0209 e. The maximum atomic E-state index is 3.74. The summed E-state index contributed by atoms with van der Waals surface area (Å²) in [7, 11) is 0. The number of hydrogen-bond acceptors (Lipinski definition) is 3. The summed E-state index contributed by atoms with van der Waals surface area (Å²) in [6.07, 6.45) is 4.84. The summed E-state index contributed by atoms with van der Waals surface area (Å²) in [6, 6.07) is 0.713. The molecule has 1 fully saturated rings. The van der Waals surface area contributed by atoms with Gasteiger partial charge in [0.2, 0.25) is 0 Å². The summed E-state index contributed by atoms with van der Waals surface area (Å²) in [6.45, 7) is 8.30. The first-order valence-corrected chi connectivity index (χ1v) is 8.34. The van der Waals surface area contributed by atoms with Gasteiger partial charge in [-0.25, -0.2) is 0 Å². The average Bonchev–Trinajstić information content (AvgIpc) is 2.20. The Morgan fingerprint density at radius 1 is 1.53 bits per heavy atom. The van der Waals surface area contributed by atoms with Crippen LogP contribution in [0.4, 0.5) is 0 Å². The van der Waals surface area contributed by atoms with Crippen LogP contribution in [-0.2, 0) is 0 Å². The summed E-state index contributed by atoms with van der Waals surface area (Å²) in [5.41, 5.74) is 0.494. The molecule has 0 radical (unpaired) electrons. The Kier molecular flexibility index (Phi) is 5.86. The molecule has 0 amide bonds. The van der Waals surface area contributed by atoms with E-state index in [1.807, 2.05) is 11.8 Å². The Labute approximate surface area is 104 Å². The summed E-state index contributed by atoms with van der Waals surface area (Å²) in [5.74, 6) is 2.63. The molecular weight excluding hydrogens is 222 g/mol. The van der Waals surface area contributed by atoms with E-state index in [-0.39, 0.29) is 0 Å². The molecule has 1 rings (SSSR count). The summed E-state index contributed by atoms with van der Waals surface area (Å²) in [4.78, 5) is 0. The van der Waals surface area contributed by atoms with Gasteiger partial charge < -0.3 is 5.32 Å². The molecule has 2 unspecified atom stereocenters. The fourth-order valence-electron chi connectivity index (χ4n) is 1.85. The van der Waals surface area contributed by atoms with Crippen molar-refractivity contribution in [1.82, 2.24) is 5.32 Å². The lowest BCUT2D eigenvalue weighted by molar-refractivity contribution is 0.246. The number of rotatable bonds is 5. The fourth-order valence-corrected chi connectivity index (χ4v) is 3.85. The first-order valence-electron chi connectivity index (χ1n) is 5.90. The highest BCUT2D eigenvalue weighted by Gasteiger charge is 2.31.